The maximum Gasteiger partial charge on any atom is 0.187 e. The van der Waals surface area contributed by atoms with Gasteiger partial charge in [0.2, 0.25) is 0 Å². The number of guanidine groups is 2. The average molecular weight is 325 g/mol. The van der Waals surface area contributed by atoms with Crippen molar-refractivity contribution in [2.45, 2.75) is 37.8 Å². The molecule has 1 aromatic carbocycles. The zero-order valence-electron chi connectivity index (χ0n) is 12.6. The molecule has 0 saturated heterocycles. The second kappa shape index (κ2) is 7.89. The van der Waals surface area contributed by atoms with Crippen molar-refractivity contribution < 1.29 is 0 Å². The van der Waals surface area contributed by atoms with Crippen molar-refractivity contribution >= 4 is 24.3 Å². The van der Waals surface area contributed by atoms with Gasteiger partial charge in [-0.05, 0) is 24.3 Å². The van der Waals surface area contributed by atoms with Gasteiger partial charge in [-0.2, -0.15) is 0 Å². The van der Waals surface area contributed by atoms with Crippen molar-refractivity contribution in [1.82, 2.24) is 10.6 Å². The molecule has 0 heterocycles. The van der Waals surface area contributed by atoms with E-state index < -0.39 is 5.66 Å². The highest BCUT2D eigenvalue weighted by Gasteiger charge is 2.34. The second-order valence-electron chi connectivity index (χ2n) is 5.68. The molecule has 6 nitrogen and oxygen atoms in total. The number of halogens is 1. The van der Waals surface area contributed by atoms with E-state index in [0.717, 1.165) is 24.3 Å². The summed E-state index contributed by atoms with van der Waals surface area (Å²) >= 11 is 0. The van der Waals surface area contributed by atoms with Gasteiger partial charge in [-0.15, -0.1) is 12.4 Å². The highest BCUT2D eigenvalue weighted by atomic mass is 35.5. The summed E-state index contributed by atoms with van der Waals surface area (Å²) in [7, 11) is 0. The summed E-state index contributed by atoms with van der Waals surface area (Å²) in [5, 5.41) is 21.2. The van der Waals surface area contributed by atoms with E-state index in [9.17, 15) is 0 Å². The first-order valence-corrected chi connectivity index (χ1v) is 7.32. The van der Waals surface area contributed by atoms with Crippen molar-refractivity contribution in [2.24, 2.45) is 17.4 Å². The van der Waals surface area contributed by atoms with Crippen LogP contribution in [0.25, 0.3) is 0 Å². The molecule has 2 rings (SSSR count). The molecule has 0 aliphatic heterocycles. The summed E-state index contributed by atoms with van der Waals surface area (Å²) in [5.74, 6) is 0.443. The standard InChI is InChI=1S/C15H24N6.ClH/c16-13(17)20-15(21-14(18)19,10-9-11-5-4-6-11)12-7-2-1-3-8-12;/h1-3,7-8,11H,4-6,9-10H2,(H4,16,17,20)(H4,18,19,21);1H. The molecule has 0 bridgehead atoms. The fourth-order valence-electron chi connectivity index (χ4n) is 2.83. The van der Waals surface area contributed by atoms with Crippen molar-refractivity contribution in [1.29, 1.82) is 10.8 Å². The van der Waals surface area contributed by atoms with Gasteiger partial charge in [0.15, 0.2) is 11.9 Å². The molecule has 7 heteroatoms. The van der Waals surface area contributed by atoms with Crippen LogP contribution in [0.2, 0.25) is 0 Å². The van der Waals surface area contributed by atoms with Gasteiger partial charge in [-0.3, -0.25) is 10.8 Å². The average Bonchev–Trinajstić information content (AvgIpc) is 2.36. The van der Waals surface area contributed by atoms with Gasteiger partial charge in [0.25, 0.3) is 0 Å². The van der Waals surface area contributed by atoms with Crippen LogP contribution in [-0.2, 0) is 5.66 Å². The van der Waals surface area contributed by atoms with Gasteiger partial charge in [0, 0.05) is 0 Å². The molecule has 0 amide bonds. The van der Waals surface area contributed by atoms with E-state index in [-0.39, 0.29) is 24.3 Å². The summed E-state index contributed by atoms with van der Waals surface area (Å²) < 4.78 is 0. The van der Waals surface area contributed by atoms with E-state index in [2.05, 4.69) is 10.6 Å². The molecule has 0 radical (unpaired) electrons. The maximum absolute atomic E-state index is 7.60. The summed E-state index contributed by atoms with van der Waals surface area (Å²) in [6.07, 6.45) is 5.54. The van der Waals surface area contributed by atoms with Crippen LogP contribution in [-0.4, -0.2) is 11.9 Å². The third-order valence-electron chi connectivity index (χ3n) is 4.12. The Hall–Kier alpha value is -1.95. The second-order valence-corrected chi connectivity index (χ2v) is 5.68. The van der Waals surface area contributed by atoms with Crippen molar-refractivity contribution in [3.63, 3.8) is 0 Å². The highest BCUT2D eigenvalue weighted by molar-refractivity contribution is 5.85. The van der Waals surface area contributed by atoms with Crippen LogP contribution >= 0.6 is 12.4 Å². The Morgan fingerprint density at radius 3 is 2.05 bits per heavy atom. The first-order valence-electron chi connectivity index (χ1n) is 7.32. The van der Waals surface area contributed by atoms with Crippen LogP contribution in [0.15, 0.2) is 30.3 Å². The predicted molar refractivity (Wildman–Crippen MR) is 92.0 cm³/mol. The Kier molecular flexibility index (Phi) is 6.49. The maximum atomic E-state index is 7.60. The molecule has 0 atom stereocenters. The van der Waals surface area contributed by atoms with Crippen LogP contribution in [0.4, 0.5) is 0 Å². The molecule has 22 heavy (non-hydrogen) atoms. The highest BCUT2D eigenvalue weighted by Crippen LogP contribution is 2.34. The normalized spacial score (nSPS) is 16.5. The molecule has 0 spiro atoms. The Balaban J connectivity index is 0.00000242. The van der Waals surface area contributed by atoms with Gasteiger partial charge < -0.3 is 22.1 Å². The predicted octanol–water partition coefficient (Wildman–Crippen LogP) is 1.81. The Bertz CT molecular complexity index is 484. The topological polar surface area (TPSA) is 124 Å². The Morgan fingerprint density at radius 1 is 1.09 bits per heavy atom. The molecular formula is C15H25ClN6. The van der Waals surface area contributed by atoms with Gasteiger partial charge in [0.05, 0.1) is 0 Å². The summed E-state index contributed by atoms with van der Waals surface area (Å²) in [6, 6.07) is 9.69. The van der Waals surface area contributed by atoms with Crippen LogP contribution < -0.4 is 22.1 Å². The van der Waals surface area contributed by atoms with Gasteiger partial charge in [-0.25, -0.2) is 0 Å². The van der Waals surface area contributed by atoms with E-state index in [4.69, 9.17) is 22.3 Å². The minimum atomic E-state index is -0.797. The quantitative estimate of drug-likeness (QED) is 0.271. The van der Waals surface area contributed by atoms with Crippen molar-refractivity contribution in [2.75, 3.05) is 0 Å². The van der Waals surface area contributed by atoms with E-state index in [1.54, 1.807) is 0 Å². The molecule has 8 N–H and O–H groups in total. The summed E-state index contributed by atoms with van der Waals surface area (Å²) in [6.45, 7) is 0. The van der Waals surface area contributed by atoms with Crippen molar-refractivity contribution in [3.05, 3.63) is 35.9 Å². The fourth-order valence-corrected chi connectivity index (χ4v) is 2.83. The minimum absolute atomic E-state index is 0. The van der Waals surface area contributed by atoms with Crippen LogP contribution in [0.1, 0.15) is 37.7 Å². The molecule has 1 aliphatic carbocycles. The van der Waals surface area contributed by atoms with E-state index in [1.165, 1.54) is 19.3 Å². The number of benzene rings is 1. The van der Waals surface area contributed by atoms with E-state index in [1.807, 2.05) is 30.3 Å². The molecule has 1 aliphatic rings. The monoisotopic (exact) mass is 324 g/mol. The van der Waals surface area contributed by atoms with E-state index >= 15 is 0 Å². The number of hydrogen-bond donors (Lipinski definition) is 6. The molecular weight excluding hydrogens is 300 g/mol. The Morgan fingerprint density at radius 2 is 1.64 bits per heavy atom. The number of rotatable bonds is 6. The smallest absolute Gasteiger partial charge is 0.187 e. The zero-order valence-corrected chi connectivity index (χ0v) is 13.4. The lowest BCUT2D eigenvalue weighted by atomic mass is 9.79. The SMILES string of the molecule is Cl.N=C(N)NC(CCC1CCC1)(NC(=N)N)c1ccccc1. The van der Waals surface area contributed by atoms with E-state index in [0.29, 0.717) is 0 Å². The van der Waals surface area contributed by atoms with Gasteiger partial charge >= 0.3 is 0 Å². The molecule has 1 saturated carbocycles. The van der Waals surface area contributed by atoms with Crippen LogP contribution in [0, 0.1) is 16.7 Å². The number of nitrogens with one attached hydrogen (secondary N) is 4. The molecule has 0 aromatic heterocycles. The molecule has 1 aromatic rings. The lowest BCUT2D eigenvalue weighted by Crippen LogP contribution is -2.61. The first kappa shape index (κ1) is 18.1. The minimum Gasteiger partial charge on any atom is -0.370 e. The van der Waals surface area contributed by atoms with Crippen molar-refractivity contribution in [3.8, 4) is 0 Å². The Labute approximate surface area is 137 Å². The first-order chi connectivity index (χ1) is 10.0. The number of nitrogens with two attached hydrogens (primary N) is 2. The fraction of sp³-hybridized carbons (Fsp3) is 0.467. The van der Waals surface area contributed by atoms with Gasteiger partial charge in [-0.1, -0.05) is 49.6 Å². The zero-order chi connectivity index (χ0) is 15.3. The lowest BCUT2D eigenvalue weighted by molar-refractivity contribution is 0.232. The van der Waals surface area contributed by atoms with Crippen LogP contribution in [0.5, 0.6) is 0 Å². The molecule has 1 fully saturated rings. The third kappa shape index (κ3) is 4.53. The summed E-state index contributed by atoms with van der Waals surface area (Å²) in [5.41, 5.74) is 11.3. The van der Waals surface area contributed by atoms with Gasteiger partial charge in [0.1, 0.15) is 5.66 Å². The molecule has 0 unspecified atom stereocenters. The largest absolute Gasteiger partial charge is 0.370 e. The molecule has 122 valence electrons. The summed E-state index contributed by atoms with van der Waals surface area (Å²) in [4.78, 5) is 0. The number of hydrogen-bond acceptors (Lipinski definition) is 2. The third-order valence-corrected chi connectivity index (χ3v) is 4.12. The van der Waals surface area contributed by atoms with Crippen LogP contribution in [0.3, 0.4) is 0 Å². The lowest BCUT2D eigenvalue weighted by Gasteiger charge is -2.38.